The summed E-state index contributed by atoms with van der Waals surface area (Å²) in [6.45, 7) is 7.70. The normalized spacial score (nSPS) is 13.2. The summed E-state index contributed by atoms with van der Waals surface area (Å²) in [6, 6.07) is 6.48. The van der Waals surface area contributed by atoms with Gasteiger partial charge in [-0.15, -0.1) is 0 Å². The Kier molecular flexibility index (Phi) is 6.76. The van der Waals surface area contributed by atoms with Gasteiger partial charge in [-0.05, 0) is 37.5 Å². The highest BCUT2D eigenvalue weighted by Gasteiger charge is 2.21. The lowest BCUT2D eigenvalue weighted by Crippen LogP contribution is -2.41. The molecule has 0 unspecified atom stereocenters. The summed E-state index contributed by atoms with van der Waals surface area (Å²) in [5, 5.41) is 0. The average molecular weight is 363 g/mol. The maximum atomic E-state index is 12.2. The molecule has 0 bridgehead atoms. The second kappa shape index (κ2) is 7.74. The Morgan fingerprint density at radius 1 is 1.00 bits per heavy atom. The maximum absolute atomic E-state index is 12.2. The maximum Gasteiger partial charge on any atom is 0.240 e. The van der Waals surface area contributed by atoms with Crippen molar-refractivity contribution in [3.8, 4) is 0 Å². The Balaban J connectivity index is 2.76. The molecular formula is C15H26N2O4S2. The summed E-state index contributed by atoms with van der Waals surface area (Å²) in [5.74, 6) is 0.328. The van der Waals surface area contributed by atoms with E-state index >= 15 is 0 Å². The quantitative estimate of drug-likeness (QED) is 0.764. The summed E-state index contributed by atoms with van der Waals surface area (Å²) < 4.78 is 51.5. The first-order chi connectivity index (χ1) is 10.4. The monoisotopic (exact) mass is 362 g/mol. The van der Waals surface area contributed by atoms with Crippen molar-refractivity contribution >= 4 is 20.0 Å². The van der Waals surface area contributed by atoms with Crippen LogP contribution in [0.5, 0.6) is 0 Å². The molecule has 0 aromatic heterocycles. The molecule has 0 aliphatic heterocycles. The van der Waals surface area contributed by atoms with Crippen molar-refractivity contribution in [3.05, 3.63) is 29.8 Å². The fourth-order valence-corrected chi connectivity index (χ4v) is 4.42. The van der Waals surface area contributed by atoms with Gasteiger partial charge >= 0.3 is 0 Å². The van der Waals surface area contributed by atoms with Crippen LogP contribution in [0.2, 0.25) is 0 Å². The molecule has 1 aromatic carbocycles. The fraction of sp³-hybridized carbons (Fsp3) is 0.600. The zero-order valence-corrected chi connectivity index (χ0v) is 15.9. The molecule has 1 N–H and O–H groups in total. The standard InChI is InChI=1S/C15H26N2O4S2/c1-12(2)14-6-8-15(9-7-14)23(20,21)16-10-11-17(13(3)4)22(5,18)19/h6-9,12-13,16H,10-11H2,1-5H3. The second-order valence-electron chi connectivity index (χ2n) is 6.09. The van der Waals surface area contributed by atoms with Crippen molar-refractivity contribution in [1.29, 1.82) is 0 Å². The van der Waals surface area contributed by atoms with Gasteiger partial charge in [0.05, 0.1) is 11.2 Å². The van der Waals surface area contributed by atoms with Gasteiger partial charge in [0.15, 0.2) is 0 Å². The van der Waals surface area contributed by atoms with E-state index < -0.39 is 20.0 Å². The van der Waals surface area contributed by atoms with Crippen LogP contribution < -0.4 is 4.72 Å². The minimum absolute atomic E-state index is 0.0273. The van der Waals surface area contributed by atoms with E-state index in [4.69, 9.17) is 0 Å². The molecular weight excluding hydrogens is 336 g/mol. The van der Waals surface area contributed by atoms with Crippen LogP contribution >= 0.6 is 0 Å². The van der Waals surface area contributed by atoms with Gasteiger partial charge in [-0.2, -0.15) is 4.31 Å². The van der Waals surface area contributed by atoms with Crippen molar-refractivity contribution in [2.24, 2.45) is 0 Å². The Morgan fingerprint density at radius 2 is 1.52 bits per heavy atom. The zero-order valence-electron chi connectivity index (χ0n) is 14.3. The molecule has 0 amide bonds. The van der Waals surface area contributed by atoms with E-state index in [1.54, 1.807) is 38.1 Å². The fourth-order valence-electron chi connectivity index (χ4n) is 2.21. The summed E-state index contributed by atoms with van der Waals surface area (Å²) >= 11 is 0. The summed E-state index contributed by atoms with van der Waals surface area (Å²) in [7, 11) is -7.00. The van der Waals surface area contributed by atoms with Crippen LogP contribution in [-0.4, -0.2) is 46.5 Å². The molecule has 0 heterocycles. The third-order valence-electron chi connectivity index (χ3n) is 3.48. The van der Waals surface area contributed by atoms with E-state index in [-0.39, 0.29) is 24.0 Å². The highest BCUT2D eigenvalue weighted by Crippen LogP contribution is 2.17. The van der Waals surface area contributed by atoms with E-state index in [2.05, 4.69) is 4.72 Å². The molecule has 0 saturated carbocycles. The Hall–Kier alpha value is -0.960. The smallest absolute Gasteiger partial charge is 0.212 e. The Bertz CT molecular complexity index is 708. The van der Waals surface area contributed by atoms with Crippen molar-refractivity contribution in [3.63, 3.8) is 0 Å². The van der Waals surface area contributed by atoms with Crippen molar-refractivity contribution in [1.82, 2.24) is 9.03 Å². The molecule has 0 fully saturated rings. The topological polar surface area (TPSA) is 83.6 Å². The predicted octanol–water partition coefficient (Wildman–Crippen LogP) is 1.76. The van der Waals surface area contributed by atoms with Crippen LogP contribution in [0, 0.1) is 0 Å². The van der Waals surface area contributed by atoms with Crippen molar-refractivity contribution in [2.75, 3.05) is 19.3 Å². The first-order valence-corrected chi connectivity index (χ1v) is 10.8. The first kappa shape index (κ1) is 20.1. The highest BCUT2D eigenvalue weighted by molar-refractivity contribution is 7.89. The van der Waals surface area contributed by atoms with E-state index in [0.29, 0.717) is 5.92 Å². The van der Waals surface area contributed by atoms with E-state index in [1.165, 1.54) is 4.31 Å². The van der Waals surface area contributed by atoms with Crippen molar-refractivity contribution < 1.29 is 16.8 Å². The van der Waals surface area contributed by atoms with Gasteiger partial charge in [0.1, 0.15) is 0 Å². The number of benzene rings is 1. The van der Waals surface area contributed by atoms with Gasteiger partial charge in [-0.3, -0.25) is 0 Å². The third kappa shape index (κ3) is 5.87. The molecule has 1 rings (SSSR count). The lowest BCUT2D eigenvalue weighted by atomic mass is 10.0. The molecule has 0 saturated heterocycles. The third-order valence-corrected chi connectivity index (χ3v) is 6.42. The molecule has 0 radical (unpaired) electrons. The SMILES string of the molecule is CC(C)c1ccc(S(=O)(=O)NCCN(C(C)C)S(C)(=O)=O)cc1. The lowest BCUT2D eigenvalue weighted by Gasteiger charge is -2.23. The summed E-state index contributed by atoms with van der Waals surface area (Å²) in [5.41, 5.74) is 1.06. The molecule has 0 aliphatic carbocycles. The van der Waals surface area contributed by atoms with Crippen LogP contribution in [-0.2, 0) is 20.0 Å². The second-order valence-corrected chi connectivity index (χ2v) is 9.79. The van der Waals surface area contributed by atoms with Crippen LogP contribution in [0.25, 0.3) is 0 Å². The van der Waals surface area contributed by atoms with Gasteiger partial charge < -0.3 is 0 Å². The number of hydrogen-bond donors (Lipinski definition) is 1. The number of hydrogen-bond acceptors (Lipinski definition) is 4. The van der Waals surface area contributed by atoms with Crippen LogP contribution in [0.15, 0.2) is 29.2 Å². The molecule has 0 spiro atoms. The van der Waals surface area contributed by atoms with Crippen LogP contribution in [0.4, 0.5) is 0 Å². The molecule has 1 aromatic rings. The van der Waals surface area contributed by atoms with E-state index in [9.17, 15) is 16.8 Å². The minimum Gasteiger partial charge on any atom is -0.212 e. The average Bonchev–Trinajstić information content (AvgIpc) is 2.41. The Labute approximate surface area is 140 Å². The van der Waals surface area contributed by atoms with Crippen LogP contribution in [0.1, 0.15) is 39.2 Å². The molecule has 23 heavy (non-hydrogen) atoms. The highest BCUT2D eigenvalue weighted by atomic mass is 32.2. The van der Waals surface area contributed by atoms with E-state index in [0.717, 1.165) is 11.8 Å². The van der Waals surface area contributed by atoms with Crippen molar-refractivity contribution in [2.45, 2.75) is 44.6 Å². The number of nitrogens with zero attached hydrogens (tertiary/aromatic N) is 1. The molecule has 6 nitrogen and oxygen atoms in total. The number of rotatable bonds is 8. The van der Waals surface area contributed by atoms with Gasteiger partial charge in [-0.25, -0.2) is 21.6 Å². The molecule has 8 heteroatoms. The lowest BCUT2D eigenvalue weighted by molar-refractivity contribution is 0.360. The van der Waals surface area contributed by atoms with Gasteiger partial charge in [0, 0.05) is 19.1 Å². The molecule has 0 atom stereocenters. The Morgan fingerprint density at radius 3 is 1.91 bits per heavy atom. The van der Waals surface area contributed by atoms with Gasteiger partial charge in [0.2, 0.25) is 20.0 Å². The number of nitrogens with one attached hydrogen (secondary N) is 1. The van der Waals surface area contributed by atoms with Gasteiger partial charge in [-0.1, -0.05) is 26.0 Å². The zero-order chi connectivity index (χ0) is 17.8. The largest absolute Gasteiger partial charge is 0.240 e. The van der Waals surface area contributed by atoms with Gasteiger partial charge in [0.25, 0.3) is 0 Å². The number of sulfonamides is 2. The summed E-state index contributed by atoms with van der Waals surface area (Å²) in [4.78, 5) is 0.178. The minimum atomic E-state index is -3.64. The predicted molar refractivity (Wildman–Crippen MR) is 92.4 cm³/mol. The summed E-state index contributed by atoms with van der Waals surface area (Å²) in [6.07, 6.45) is 1.12. The molecule has 0 aliphatic rings. The molecule has 132 valence electrons. The first-order valence-electron chi connectivity index (χ1n) is 7.51. The van der Waals surface area contributed by atoms with E-state index in [1.807, 2.05) is 13.8 Å². The van der Waals surface area contributed by atoms with Crippen LogP contribution in [0.3, 0.4) is 0 Å².